The highest BCUT2D eigenvalue weighted by Gasteiger charge is 2.13. The van der Waals surface area contributed by atoms with Crippen LogP contribution in [0.15, 0.2) is 41.4 Å². The van der Waals surface area contributed by atoms with Gasteiger partial charge in [0.05, 0.1) is 17.4 Å². The van der Waals surface area contributed by atoms with Crippen LogP contribution in [-0.4, -0.2) is 36.1 Å². The van der Waals surface area contributed by atoms with Gasteiger partial charge in [0.1, 0.15) is 11.9 Å². The Bertz CT molecular complexity index is 698. The van der Waals surface area contributed by atoms with Crippen molar-refractivity contribution in [3.8, 4) is 0 Å². The van der Waals surface area contributed by atoms with Gasteiger partial charge in [0, 0.05) is 24.0 Å². The summed E-state index contributed by atoms with van der Waals surface area (Å²) in [6.07, 6.45) is -0.982. The predicted octanol–water partition coefficient (Wildman–Crippen LogP) is 4.29. The fourth-order valence-corrected chi connectivity index (χ4v) is 3.37. The Morgan fingerprint density at radius 1 is 1.36 bits per heavy atom. The van der Waals surface area contributed by atoms with E-state index in [1.54, 1.807) is 18.2 Å². The normalized spacial score (nSPS) is 12.4. The van der Waals surface area contributed by atoms with Crippen LogP contribution in [0.25, 0.3) is 0 Å². The summed E-state index contributed by atoms with van der Waals surface area (Å²) in [6, 6.07) is 10.0. The molecule has 1 aromatic heterocycles. The third-order valence-corrected chi connectivity index (χ3v) is 4.61. The monoisotopic (exact) mass is 497 g/mol. The molecule has 2 N–H and O–H groups in total. The molecule has 4 nitrogen and oxygen atoms in total. The first-order valence-electron chi connectivity index (χ1n) is 7.67. The molecule has 0 saturated carbocycles. The Labute approximate surface area is 173 Å². The van der Waals surface area contributed by atoms with Gasteiger partial charge < -0.3 is 15.3 Å². The van der Waals surface area contributed by atoms with Crippen LogP contribution >= 0.6 is 46.9 Å². The maximum absolute atomic E-state index is 13.7. The van der Waals surface area contributed by atoms with Gasteiger partial charge in [0.2, 0.25) is 0 Å². The number of benzene rings is 1. The third-order valence-electron chi connectivity index (χ3n) is 3.40. The lowest BCUT2D eigenvalue weighted by Gasteiger charge is -2.22. The predicted molar refractivity (Wildman–Crippen MR) is 114 cm³/mol. The number of thiophene rings is 1. The molecule has 1 unspecified atom stereocenters. The molecule has 0 radical (unpaired) electrons. The van der Waals surface area contributed by atoms with E-state index in [0.717, 1.165) is 9.21 Å². The molecule has 1 aromatic carbocycles. The molecule has 0 amide bonds. The average molecular weight is 498 g/mol. The van der Waals surface area contributed by atoms with E-state index < -0.39 is 11.9 Å². The molecule has 8 heteroatoms. The van der Waals surface area contributed by atoms with Crippen molar-refractivity contribution in [2.45, 2.75) is 19.6 Å². The molecular formula is C17H22ClFIN3OS. The molecule has 0 aliphatic rings. The van der Waals surface area contributed by atoms with Gasteiger partial charge in [0.15, 0.2) is 5.96 Å². The molecule has 0 saturated heterocycles. The summed E-state index contributed by atoms with van der Waals surface area (Å²) in [6.45, 7) is 3.40. The van der Waals surface area contributed by atoms with Gasteiger partial charge in [-0.3, -0.25) is 4.99 Å². The first-order valence-corrected chi connectivity index (χ1v) is 8.86. The molecule has 1 atom stereocenters. The van der Waals surface area contributed by atoms with Crippen molar-refractivity contribution in [2.24, 2.45) is 4.99 Å². The highest BCUT2D eigenvalue weighted by atomic mass is 127. The number of hydrogen-bond acceptors (Lipinski definition) is 3. The van der Waals surface area contributed by atoms with Gasteiger partial charge in [-0.1, -0.05) is 29.8 Å². The lowest BCUT2D eigenvalue weighted by Crippen LogP contribution is -2.38. The molecule has 0 aliphatic heterocycles. The Balaban J connectivity index is 0.00000312. The van der Waals surface area contributed by atoms with Crippen molar-refractivity contribution in [1.82, 2.24) is 10.2 Å². The minimum atomic E-state index is -0.982. The second kappa shape index (κ2) is 10.9. The number of aliphatic hydroxyl groups excluding tert-OH is 1. The van der Waals surface area contributed by atoms with Crippen LogP contribution in [0.4, 0.5) is 4.39 Å². The maximum atomic E-state index is 13.7. The first-order chi connectivity index (χ1) is 11.5. The van der Waals surface area contributed by atoms with Crippen molar-refractivity contribution in [2.75, 3.05) is 20.1 Å². The zero-order valence-electron chi connectivity index (χ0n) is 14.1. The third kappa shape index (κ3) is 6.73. The smallest absolute Gasteiger partial charge is 0.194 e. The van der Waals surface area contributed by atoms with Gasteiger partial charge in [0.25, 0.3) is 0 Å². The molecule has 0 fully saturated rings. The number of hydrogen-bond donors (Lipinski definition) is 2. The molecule has 2 rings (SSSR count). The van der Waals surface area contributed by atoms with Crippen LogP contribution in [0, 0.1) is 5.82 Å². The summed E-state index contributed by atoms with van der Waals surface area (Å²) < 4.78 is 14.5. The van der Waals surface area contributed by atoms with Crippen LogP contribution in [-0.2, 0) is 6.54 Å². The van der Waals surface area contributed by atoms with Crippen LogP contribution < -0.4 is 5.32 Å². The van der Waals surface area contributed by atoms with E-state index in [9.17, 15) is 9.50 Å². The van der Waals surface area contributed by atoms with Gasteiger partial charge in [-0.15, -0.1) is 35.3 Å². The number of halogens is 3. The quantitative estimate of drug-likeness (QED) is 0.356. The van der Waals surface area contributed by atoms with E-state index in [0.29, 0.717) is 19.0 Å². The van der Waals surface area contributed by atoms with Crippen LogP contribution in [0.3, 0.4) is 0 Å². The van der Waals surface area contributed by atoms with E-state index in [1.807, 2.05) is 31.0 Å². The topological polar surface area (TPSA) is 47.9 Å². The first kappa shape index (κ1) is 22.1. The van der Waals surface area contributed by atoms with Gasteiger partial charge in [-0.25, -0.2) is 4.39 Å². The fraction of sp³-hybridized carbons (Fsp3) is 0.353. The number of rotatable bonds is 6. The van der Waals surface area contributed by atoms with Crippen molar-refractivity contribution >= 4 is 52.9 Å². The standard InChI is InChI=1S/C17H21ClFN3OS.HI/c1-3-20-17(22(2)11-12-8-9-16(18)24-12)21-10-15(23)13-6-4-5-7-14(13)19;/h4-9,15,23H,3,10-11H2,1-2H3,(H,20,21);1H. The largest absolute Gasteiger partial charge is 0.386 e. The van der Waals surface area contributed by atoms with E-state index >= 15 is 0 Å². The second-order valence-electron chi connectivity index (χ2n) is 5.29. The van der Waals surface area contributed by atoms with Crippen molar-refractivity contribution in [3.63, 3.8) is 0 Å². The van der Waals surface area contributed by atoms with Crippen molar-refractivity contribution in [3.05, 3.63) is 57.0 Å². The number of aliphatic hydroxyl groups is 1. The Morgan fingerprint density at radius 3 is 2.68 bits per heavy atom. The summed E-state index contributed by atoms with van der Waals surface area (Å²) in [5.74, 6) is 0.226. The van der Waals surface area contributed by atoms with E-state index in [-0.39, 0.29) is 36.1 Å². The maximum Gasteiger partial charge on any atom is 0.194 e. The summed E-state index contributed by atoms with van der Waals surface area (Å²) >= 11 is 7.47. The second-order valence-corrected chi connectivity index (χ2v) is 7.09. The van der Waals surface area contributed by atoms with Crippen LogP contribution in [0.2, 0.25) is 4.34 Å². The molecule has 2 aromatic rings. The van der Waals surface area contributed by atoms with Gasteiger partial charge in [-0.2, -0.15) is 0 Å². The highest BCUT2D eigenvalue weighted by Crippen LogP contribution is 2.22. The van der Waals surface area contributed by atoms with Crippen molar-refractivity contribution in [1.29, 1.82) is 0 Å². The fourth-order valence-electron chi connectivity index (χ4n) is 2.23. The molecule has 0 spiro atoms. The lowest BCUT2D eigenvalue weighted by atomic mass is 10.1. The van der Waals surface area contributed by atoms with E-state index in [2.05, 4.69) is 10.3 Å². The number of nitrogens with zero attached hydrogens (tertiary/aromatic N) is 2. The Morgan fingerprint density at radius 2 is 2.08 bits per heavy atom. The zero-order chi connectivity index (χ0) is 17.5. The van der Waals surface area contributed by atoms with Crippen molar-refractivity contribution < 1.29 is 9.50 Å². The number of aliphatic imine (C=N–C) groups is 1. The summed E-state index contributed by atoms with van der Waals surface area (Å²) in [5, 5.41) is 13.4. The van der Waals surface area contributed by atoms with Gasteiger partial charge >= 0.3 is 0 Å². The van der Waals surface area contributed by atoms with Gasteiger partial charge in [-0.05, 0) is 25.1 Å². The zero-order valence-corrected chi connectivity index (χ0v) is 18.0. The molecule has 0 bridgehead atoms. The minimum absolute atomic E-state index is 0. The molecule has 138 valence electrons. The summed E-state index contributed by atoms with van der Waals surface area (Å²) in [5.41, 5.74) is 0.254. The van der Waals surface area contributed by atoms with E-state index in [4.69, 9.17) is 11.6 Å². The minimum Gasteiger partial charge on any atom is -0.386 e. The summed E-state index contributed by atoms with van der Waals surface area (Å²) in [4.78, 5) is 7.48. The Hall–Kier alpha value is -0.900. The SMILES string of the molecule is CCNC(=NCC(O)c1ccccc1F)N(C)Cc1ccc(Cl)s1.I. The van der Waals surface area contributed by atoms with Crippen LogP contribution in [0.1, 0.15) is 23.5 Å². The number of guanidine groups is 1. The molecule has 0 aliphatic carbocycles. The summed E-state index contributed by atoms with van der Waals surface area (Å²) in [7, 11) is 1.91. The lowest BCUT2D eigenvalue weighted by molar-refractivity contribution is 0.181. The molecule has 1 heterocycles. The van der Waals surface area contributed by atoms with Crippen LogP contribution in [0.5, 0.6) is 0 Å². The van der Waals surface area contributed by atoms with E-state index in [1.165, 1.54) is 17.4 Å². The Kier molecular flexibility index (Phi) is 9.70. The highest BCUT2D eigenvalue weighted by molar-refractivity contribution is 14.0. The molecule has 25 heavy (non-hydrogen) atoms. The number of nitrogens with one attached hydrogen (secondary N) is 1. The molecular weight excluding hydrogens is 476 g/mol. The average Bonchev–Trinajstić information content (AvgIpc) is 2.96.